The van der Waals surface area contributed by atoms with Crippen molar-refractivity contribution in [3.63, 3.8) is 0 Å². The molecular formula is C15H19ClO4. The topological polar surface area (TPSA) is 70.1 Å². The van der Waals surface area contributed by atoms with Gasteiger partial charge in [-0.25, -0.2) is 0 Å². The SMILES string of the molecule is CC1C(O)C=C(Cl)C2=CC(=O)C3(CC21C)OC3(C)CO. The summed E-state index contributed by atoms with van der Waals surface area (Å²) < 4.78 is 5.64. The van der Waals surface area contributed by atoms with Crippen molar-refractivity contribution in [1.29, 1.82) is 0 Å². The lowest BCUT2D eigenvalue weighted by Crippen LogP contribution is -2.49. The highest BCUT2D eigenvalue weighted by molar-refractivity contribution is 6.32. The van der Waals surface area contributed by atoms with E-state index in [1.165, 1.54) is 6.08 Å². The zero-order chi connectivity index (χ0) is 14.9. The zero-order valence-electron chi connectivity index (χ0n) is 11.8. The van der Waals surface area contributed by atoms with E-state index in [9.17, 15) is 15.0 Å². The van der Waals surface area contributed by atoms with E-state index in [2.05, 4.69) is 0 Å². The second-order valence-corrected chi connectivity index (χ2v) is 7.04. The number of epoxide rings is 1. The predicted octanol–water partition coefficient (Wildman–Crippen LogP) is 1.55. The number of hydrogen-bond donors (Lipinski definition) is 2. The number of ether oxygens (including phenoxy) is 1. The Hall–Kier alpha value is -0.680. The minimum absolute atomic E-state index is 0.0756. The van der Waals surface area contributed by atoms with Gasteiger partial charge in [0.05, 0.1) is 12.7 Å². The third kappa shape index (κ3) is 1.51. The van der Waals surface area contributed by atoms with Crippen molar-refractivity contribution in [2.75, 3.05) is 6.61 Å². The number of aliphatic hydroxyl groups is 2. The summed E-state index contributed by atoms with van der Waals surface area (Å²) in [7, 11) is 0. The molecule has 110 valence electrons. The molecule has 1 spiro atoms. The molecule has 2 aliphatic carbocycles. The van der Waals surface area contributed by atoms with Crippen LogP contribution in [0.15, 0.2) is 22.8 Å². The standard InChI is InChI=1S/C15H19ClO4/c1-8-11(18)5-10(16)9-4-12(19)15(6-13(8,9)2)14(3,7-17)20-15/h4-5,8,11,17-18H,6-7H2,1-3H3. The average Bonchev–Trinajstić information content (AvgIpc) is 2.97. The summed E-state index contributed by atoms with van der Waals surface area (Å²) >= 11 is 6.21. The van der Waals surface area contributed by atoms with E-state index < -0.39 is 22.7 Å². The number of hydrogen-bond acceptors (Lipinski definition) is 4. The molecule has 0 amide bonds. The van der Waals surface area contributed by atoms with Crippen molar-refractivity contribution in [3.8, 4) is 0 Å². The quantitative estimate of drug-likeness (QED) is 0.721. The Morgan fingerprint density at radius 3 is 2.70 bits per heavy atom. The fourth-order valence-electron chi connectivity index (χ4n) is 3.67. The molecule has 5 heteroatoms. The van der Waals surface area contributed by atoms with Crippen LogP contribution in [0.3, 0.4) is 0 Å². The molecule has 1 saturated heterocycles. The Balaban J connectivity index is 2.10. The van der Waals surface area contributed by atoms with Gasteiger partial charge in [0.1, 0.15) is 5.60 Å². The first-order valence-corrected chi connectivity index (χ1v) is 7.21. The molecule has 1 heterocycles. The third-order valence-corrected chi connectivity index (χ3v) is 5.84. The fourth-order valence-corrected chi connectivity index (χ4v) is 4.07. The van der Waals surface area contributed by atoms with Crippen LogP contribution < -0.4 is 0 Å². The van der Waals surface area contributed by atoms with Crippen LogP contribution in [0, 0.1) is 11.3 Å². The number of carbonyl (C=O) groups excluding carboxylic acids is 1. The van der Waals surface area contributed by atoms with Crippen LogP contribution in [-0.2, 0) is 9.53 Å². The van der Waals surface area contributed by atoms with Gasteiger partial charge >= 0.3 is 0 Å². The summed E-state index contributed by atoms with van der Waals surface area (Å²) in [4.78, 5) is 12.4. The normalized spacial score (nSPS) is 50.6. The summed E-state index contributed by atoms with van der Waals surface area (Å²) in [5, 5.41) is 20.0. The van der Waals surface area contributed by atoms with E-state index in [4.69, 9.17) is 16.3 Å². The highest BCUT2D eigenvalue weighted by Crippen LogP contribution is 2.62. The van der Waals surface area contributed by atoms with E-state index in [-0.39, 0.29) is 18.3 Å². The number of carbonyl (C=O) groups is 1. The van der Waals surface area contributed by atoms with Gasteiger partial charge in [0, 0.05) is 10.4 Å². The van der Waals surface area contributed by atoms with Crippen molar-refractivity contribution < 1.29 is 19.7 Å². The van der Waals surface area contributed by atoms with Crippen molar-refractivity contribution in [2.24, 2.45) is 11.3 Å². The van der Waals surface area contributed by atoms with Crippen molar-refractivity contribution >= 4 is 17.4 Å². The molecule has 0 aromatic rings. The molecule has 5 atom stereocenters. The molecule has 5 unspecified atom stereocenters. The molecule has 3 rings (SSSR count). The van der Waals surface area contributed by atoms with Crippen LogP contribution in [0.4, 0.5) is 0 Å². The number of halogens is 1. The van der Waals surface area contributed by atoms with Gasteiger partial charge in [-0.05, 0) is 37.0 Å². The second kappa shape index (κ2) is 3.95. The maximum atomic E-state index is 12.4. The van der Waals surface area contributed by atoms with Gasteiger partial charge in [-0.1, -0.05) is 25.4 Å². The maximum absolute atomic E-state index is 12.4. The minimum atomic E-state index is -0.970. The molecule has 0 aromatic carbocycles. The molecule has 0 saturated carbocycles. The highest BCUT2D eigenvalue weighted by atomic mass is 35.5. The number of allylic oxidation sites excluding steroid dienone is 2. The number of fused-ring (bicyclic) bond motifs is 1. The summed E-state index contributed by atoms with van der Waals surface area (Å²) in [5.74, 6) is -0.218. The summed E-state index contributed by atoms with van der Waals surface area (Å²) in [6.07, 6.45) is 2.91. The molecule has 0 aromatic heterocycles. The summed E-state index contributed by atoms with van der Waals surface area (Å²) in [6, 6.07) is 0. The minimum Gasteiger partial charge on any atom is -0.393 e. The van der Waals surface area contributed by atoms with Gasteiger partial charge in [-0.2, -0.15) is 0 Å². The van der Waals surface area contributed by atoms with E-state index in [1.807, 2.05) is 13.8 Å². The third-order valence-electron chi connectivity index (χ3n) is 5.51. The first-order valence-electron chi connectivity index (χ1n) is 6.84. The van der Waals surface area contributed by atoms with E-state index in [1.54, 1.807) is 13.0 Å². The maximum Gasteiger partial charge on any atom is 0.190 e. The van der Waals surface area contributed by atoms with Gasteiger partial charge in [0.2, 0.25) is 0 Å². The lowest BCUT2D eigenvalue weighted by atomic mass is 9.58. The fraction of sp³-hybridized carbons (Fsp3) is 0.667. The van der Waals surface area contributed by atoms with Crippen LogP contribution in [0.5, 0.6) is 0 Å². The lowest BCUT2D eigenvalue weighted by molar-refractivity contribution is -0.122. The summed E-state index contributed by atoms with van der Waals surface area (Å²) in [5.41, 5.74) is -1.47. The lowest BCUT2D eigenvalue weighted by Gasteiger charge is -2.46. The predicted molar refractivity (Wildman–Crippen MR) is 74.2 cm³/mol. The molecule has 4 nitrogen and oxygen atoms in total. The second-order valence-electron chi connectivity index (χ2n) is 6.63. The van der Waals surface area contributed by atoms with Crippen LogP contribution in [0.2, 0.25) is 0 Å². The van der Waals surface area contributed by atoms with Gasteiger partial charge in [0.25, 0.3) is 0 Å². The molecule has 1 fully saturated rings. The zero-order valence-corrected chi connectivity index (χ0v) is 12.6. The Morgan fingerprint density at radius 1 is 1.50 bits per heavy atom. The van der Waals surface area contributed by atoms with Crippen LogP contribution in [0.25, 0.3) is 0 Å². The van der Waals surface area contributed by atoms with Crippen molar-refractivity contribution in [1.82, 2.24) is 0 Å². The molecule has 20 heavy (non-hydrogen) atoms. The molecule has 0 radical (unpaired) electrons. The van der Waals surface area contributed by atoms with Gasteiger partial charge in [-0.15, -0.1) is 0 Å². The molecular weight excluding hydrogens is 280 g/mol. The van der Waals surface area contributed by atoms with Crippen molar-refractivity contribution in [2.45, 2.75) is 44.5 Å². The highest BCUT2D eigenvalue weighted by Gasteiger charge is 2.74. The Bertz CT molecular complexity index is 554. The van der Waals surface area contributed by atoms with Crippen LogP contribution >= 0.6 is 11.6 Å². The van der Waals surface area contributed by atoms with Gasteiger partial charge < -0.3 is 14.9 Å². The van der Waals surface area contributed by atoms with Gasteiger partial charge in [0.15, 0.2) is 11.4 Å². The van der Waals surface area contributed by atoms with E-state index in [0.717, 1.165) is 5.57 Å². The molecule has 1 aliphatic heterocycles. The van der Waals surface area contributed by atoms with Gasteiger partial charge in [-0.3, -0.25) is 4.79 Å². The first-order chi connectivity index (χ1) is 9.20. The smallest absolute Gasteiger partial charge is 0.190 e. The number of rotatable bonds is 1. The first kappa shape index (κ1) is 14.3. The Labute approximate surface area is 123 Å². The number of aliphatic hydroxyl groups excluding tert-OH is 2. The van der Waals surface area contributed by atoms with E-state index >= 15 is 0 Å². The Kier molecular flexibility index (Phi) is 2.81. The average molecular weight is 299 g/mol. The monoisotopic (exact) mass is 298 g/mol. The van der Waals surface area contributed by atoms with Crippen LogP contribution in [0.1, 0.15) is 27.2 Å². The molecule has 3 aliphatic rings. The Morgan fingerprint density at radius 2 is 2.15 bits per heavy atom. The van der Waals surface area contributed by atoms with Crippen molar-refractivity contribution in [3.05, 3.63) is 22.8 Å². The molecule has 2 N–H and O–H groups in total. The number of ketones is 1. The van der Waals surface area contributed by atoms with E-state index in [0.29, 0.717) is 11.5 Å². The largest absolute Gasteiger partial charge is 0.393 e. The summed E-state index contributed by atoms with van der Waals surface area (Å²) in [6.45, 7) is 5.49. The molecule has 0 bridgehead atoms. The van der Waals surface area contributed by atoms with Crippen LogP contribution in [-0.4, -0.2) is 39.9 Å².